The second-order valence-electron chi connectivity index (χ2n) is 7.68. The lowest BCUT2D eigenvalue weighted by molar-refractivity contribution is -0.274. The van der Waals surface area contributed by atoms with E-state index in [1.807, 2.05) is 0 Å². The van der Waals surface area contributed by atoms with Gasteiger partial charge in [-0.15, -0.1) is 13.2 Å². The second kappa shape index (κ2) is 8.79. The molecule has 2 aromatic carbocycles. The van der Waals surface area contributed by atoms with E-state index in [0.29, 0.717) is 23.8 Å². The number of alkyl halides is 3. The summed E-state index contributed by atoms with van der Waals surface area (Å²) in [6.45, 7) is 0.146. The Hall–Kier alpha value is -2.92. The highest BCUT2D eigenvalue weighted by Gasteiger charge is 2.40. The van der Waals surface area contributed by atoms with Gasteiger partial charge in [-0.05, 0) is 55.2 Å². The van der Waals surface area contributed by atoms with Crippen molar-refractivity contribution in [2.24, 2.45) is 0 Å². The first-order chi connectivity index (χ1) is 15.5. The van der Waals surface area contributed by atoms with Crippen molar-refractivity contribution < 1.29 is 39.9 Å². The molecule has 0 spiro atoms. The van der Waals surface area contributed by atoms with Gasteiger partial charge in [0.15, 0.2) is 5.78 Å². The Morgan fingerprint density at radius 3 is 2.55 bits per heavy atom. The molecule has 1 aromatic heterocycles. The van der Waals surface area contributed by atoms with Crippen LogP contribution in [0.2, 0.25) is 0 Å². The third kappa shape index (κ3) is 5.19. The maximum atomic E-state index is 13.4. The van der Waals surface area contributed by atoms with E-state index >= 15 is 0 Å². The number of Topliss-reactive ketones (excluding diaryl/α,β-unsaturated/α-hetero) is 1. The van der Waals surface area contributed by atoms with Crippen LogP contribution in [-0.2, 0) is 21.2 Å². The molecular formula is C22H19F4NO5S. The molecule has 0 aliphatic carbocycles. The molecule has 1 atom stereocenters. The summed E-state index contributed by atoms with van der Waals surface area (Å²) < 4.78 is 86.7. The van der Waals surface area contributed by atoms with Crippen molar-refractivity contribution in [1.29, 1.82) is 0 Å². The molecule has 33 heavy (non-hydrogen) atoms. The van der Waals surface area contributed by atoms with Gasteiger partial charge in [0, 0.05) is 24.4 Å². The quantitative estimate of drug-likeness (QED) is 0.449. The van der Waals surface area contributed by atoms with Crippen molar-refractivity contribution in [2.75, 3.05) is 6.54 Å². The van der Waals surface area contributed by atoms with Crippen LogP contribution in [0.4, 0.5) is 17.6 Å². The Labute approximate surface area is 186 Å². The number of hydrogen-bond acceptors (Lipinski definition) is 5. The first kappa shape index (κ1) is 23.2. The number of benzene rings is 2. The minimum atomic E-state index is -4.79. The molecule has 176 valence electrons. The zero-order valence-electron chi connectivity index (χ0n) is 17.1. The highest BCUT2D eigenvalue weighted by atomic mass is 32.2. The zero-order chi connectivity index (χ0) is 23.8. The van der Waals surface area contributed by atoms with Gasteiger partial charge in [-0.2, -0.15) is 4.31 Å². The monoisotopic (exact) mass is 485 g/mol. The Balaban J connectivity index is 1.44. The van der Waals surface area contributed by atoms with Crippen molar-refractivity contribution in [1.82, 2.24) is 4.31 Å². The fourth-order valence-electron chi connectivity index (χ4n) is 3.87. The number of carbonyl (C=O) groups is 1. The minimum absolute atomic E-state index is 0.0154. The molecule has 0 N–H and O–H groups in total. The lowest BCUT2D eigenvalue weighted by atomic mass is 10.0. The normalized spacial score (nSPS) is 17.5. The Morgan fingerprint density at radius 2 is 1.85 bits per heavy atom. The maximum absolute atomic E-state index is 13.4. The van der Waals surface area contributed by atoms with Crippen LogP contribution in [0.25, 0.3) is 11.0 Å². The first-order valence-corrected chi connectivity index (χ1v) is 11.6. The number of aryl methyl sites for hydroxylation is 1. The molecule has 0 unspecified atom stereocenters. The van der Waals surface area contributed by atoms with Crippen LogP contribution in [-0.4, -0.2) is 37.5 Å². The first-order valence-electron chi connectivity index (χ1n) is 10.1. The maximum Gasteiger partial charge on any atom is 0.573 e. The van der Waals surface area contributed by atoms with E-state index in [1.54, 1.807) is 0 Å². The molecule has 1 aliphatic rings. The molecule has 11 heteroatoms. The molecule has 4 rings (SSSR count). The van der Waals surface area contributed by atoms with Crippen LogP contribution in [0.5, 0.6) is 5.75 Å². The Kier molecular flexibility index (Phi) is 6.19. The number of sulfonamides is 1. The van der Waals surface area contributed by atoms with Crippen molar-refractivity contribution in [2.45, 2.75) is 43.2 Å². The standard InChI is InChI=1S/C22H19F4NO5S/c23-16-6-10-20-15(12-16)13-21(31-20)33(29,30)27-11-1-2-18(27)19(28)9-5-14-3-7-17(8-4-14)32-22(24,25)26/h3-4,6-8,10,12-13,18H,1-2,5,9,11H2/t18-/m0/s1. The van der Waals surface area contributed by atoms with E-state index in [1.165, 1.54) is 24.3 Å². The number of nitrogens with zero attached hydrogens (tertiary/aromatic N) is 1. The molecular weight excluding hydrogens is 466 g/mol. The lowest BCUT2D eigenvalue weighted by Gasteiger charge is -2.21. The predicted octanol–water partition coefficient (Wildman–Crippen LogP) is 4.83. The van der Waals surface area contributed by atoms with Crippen LogP contribution in [0.3, 0.4) is 0 Å². The summed E-state index contributed by atoms with van der Waals surface area (Å²) in [6, 6.07) is 9.18. The molecule has 1 saturated heterocycles. The number of carbonyl (C=O) groups excluding carboxylic acids is 1. The van der Waals surface area contributed by atoms with Crippen molar-refractivity contribution in [3.05, 3.63) is 59.9 Å². The van der Waals surface area contributed by atoms with E-state index < -0.39 is 28.2 Å². The van der Waals surface area contributed by atoms with Gasteiger partial charge in [0.05, 0.1) is 6.04 Å². The van der Waals surface area contributed by atoms with Gasteiger partial charge in [0.25, 0.3) is 10.0 Å². The van der Waals surface area contributed by atoms with E-state index in [9.17, 15) is 30.8 Å². The second-order valence-corrected chi connectivity index (χ2v) is 9.50. The molecule has 0 saturated carbocycles. The SMILES string of the molecule is O=C(CCc1ccc(OC(F)(F)F)cc1)[C@@H]1CCCN1S(=O)(=O)c1cc2cc(F)ccc2o1. The van der Waals surface area contributed by atoms with Gasteiger partial charge in [-0.1, -0.05) is 12.1 Å². The molecule has 1 fully saturated rings. The Morgan fingerprint density at radius 1 is 1.12 bits per heavy atom. The summed E-state index contributed by atoms with van der Waals surface area (Å²) in [7, 11) is -4.11. The van der Waals surface area contributed by atoms with Gasteiger partial charge in [-0.3, -0.25) is 4.79 Å². The van der Waals surface area contributed by atoms with Crippen LogP contribution >= 0.6 is 0 Å². The minimum Gasteiger partial charge on any atom is -0.443 e. The fourth-order valence-corrected chi connectivity index (χ4v) is 5.50. The summed E-state index contributed by atoms with van der Waals surface area (Å²) in [6.07, 6.45) is -3.69. The van der Waals surface area contributed by atoms with Crippen molar-refractivity contribution >= 4 is 26.8 Å². The number of fused-ring (bicyclic) bond motifs is 1. The molecule has 6 nitrogen and oxygen atoms in total. The van der Waals surface area contributed by atoms with Gasteiger partial charge in [-0.25, -0.2) is 12.8 Å². The van der Waals surface area contributed by atoms with E-state index in [4.69, 9.17) is 4.42 Å². The summed E-state index contributed by atoms with van der Waals surface area (Å²) in [5.74, 6) is -1.19. The number of furan rings is 1. The van der Waals surface area contributed by atoms with E-state index in [0.717, 1.165) is 28.6 Å². The molecule has 1 aliphatic heterocycles. The largest absolute Gasteiger partial charge is 0.573 e. The number of ether oxygens (including phenoxy) is 1. The average Bonchev–Trinajstić information content (AvgIpc) is 3.39. The third-order valence-electron chi connectivity index (χ3n) is 5.41. The molecule has 2 heterocycles. The number of rotatable bonds is 7. The number of hydrogen-bond donors (Lipinski definition) is 0. The van der Waals surface area contributed by atoms with Crippen LogP contribution < -0.4 is 4.74 Å². The van der Waals surface area contributed by atoms with Crippen LogP contribution in [0.15, 0.2) is 58.0 Å². The highest BCUT2D eigenvalue weighted by molar-refractivity contribution is 7.89. The van der Waals surface area contributed by atoms with Crippen molar-refractivity contribution in [3.63, 3.8) is 0 Å². The van der Waals surface area contributed by atoms with E-state index in [-0.39, 0.29) is 41.6 Å². The van der Waals surface area contributed by atoms with Gasteiger partial charge in [0.1, 0.15) is 17.1 Å². The third-order valence-corrected chi connectivity index (χ3v) is 7.18. The molecule has 0 bridgehead atoms. The van der Waals surface area contributed by atoms with Gasteiger partial charge >= 0.3 is 6.36 Å². The topological polar surface area (TPSA) is 76.8 Å². The fraction of sp³-hybridized carbons (Fsp3) is 0.318. The predicted molar refractivity (Wildman–Crippen MR) is 110 cm³/mol. The summed E-state index contributed by atoms with van der Waals surface area (Å²) in [5.41, 5.74) is 0.833. The number of ketones is 1. The van der Waals surface area contributed by atoms with Crippen molar-refractivity contribution in [3.8, 4) is 5.75 Å². The lowest BCUT2D eigenvalue weighted by Crippen LogP contribution is -2.40. The molecule has 0 radical (unpaired) electrons. The summed E-state index contributed by atoms with van der Waals surface area (Å²) in [4.78, 5) is 12.8. The smallest absolute Gasteiger partial charge is 0.443 e. The average molecular weight is 485 g/mol. The van der Waals surface area contributed by atoms with Gasteiger partial charge in [0.2, 0.25) is 5.09 Å². The highest BCUT2D eigenvalue weighted by Crippen LogP contribution is 2.31. The zero-order valence-corrected chi connectivity index (χ0v) is 18.0. The van der Waals surface area contributed by atoms with E-state index in [2.05, 4.69) is 4.74 Å². The summed E-state index contributed by atoms with van der Waals surface area (Å²) >= 11 is 0. The van der Waals surface area contributed by atoms with Crippen LogP contribution in [0.1, 0.15) is 24.8 Å². The molecule has 0 amide bonds. The molecule has 3 aromatic rings. The Bertz CT molecular complexity index is 1270. The van der Waals surface area contributed by atoms with Crippen LogP contribution in [0, 0.1) is 5.82 Å². The van der Waals surface area contributed by atoms with Gasteiger partial charge < -0.3 is 9.15 Å². The number of halogens is 4. The summed E-state index contributed by atoms with van der Waals surface area (Å²) in [5, 5.41) is -0.0587.